The molecule has 0 saturated heterocycles. The zero-order chi connectivity index (χ0) is 11.4. The molecule has 0 fully saturated rings. The average molecular weight is 212 g/mol. The van der Waals surface area contributed by atoms with Crippen LogP contribution in [-0.4, -0.2) is 10.1 Å². The van der Waals surface area contributed by atoms with E-state index >= 15 is 0 Å². The molecule has 0 spiro atoms. The van der Waals surface area contributed by atoms with Crippen LogP contribution in [0.15, 0.2) is 42.6 Å². The lowest BCUT2D eigenvalue weighted by Gasteiger charge is -2.06. The first-order valence-corrected chi connectivity index (χ1v) is 4.62. The number of phenols is 1. The van der Waals surface area contributed by atoms with Crippen LogP contribution in [0.25, 0.3) is 0 Å². The Balaban J connectivity index is 2.35. The molecular weight excluding hydrogens is 204 g/mol. The number of hydrogen-bond donors (Lipinski definition) is 1. The lowest BCUT2D eigenvalue weighted by molar-refractivity contribution is 0.402. The van der Waals surface area contributed by atoms with Crippen molar-refractivity contribution in [2.24, 2.45) is 0 Å². The minimum atomic E-state index is 0.0112. The largest absolute Gasteiger partial charge is 0.504 e. The number of hydrogen-bond acceptors (Lipinski definition) is 4. The van der Waals surface area contributed by atoms with Gasteiger partial charge in [-0.3, -0.25) is 0 Å². The molecule has 0 aliphatic rings. The monoisotopic (exact) mass is 212 g/mol. The Hall–Kier alpha value is -2.54. The molecule has 4 nitrogen and oxygen atoms in total. The maximum absolute atomic E-state index is 9.50. The average Bonchev–Trinajstić information content (AvgIpc) is 2.33. The fourth-order valence-corrected chi connectivity index (χ4v) is 1.20. The molecule has 0 amide bonds. The zero-order valence-corrected chi connectivity index (χ0v) is 8.29. The standard InChI is InChI=1S/C12H8N2O2/c13-8-9-4-3-7-14-12(9)16-11-6-2-1-5-10(11)15/h1-7,15H. The van der Waals surface area contributed by atoms with Crippen LogP contribution in [0.4, 0.5) is 0 Å². The summed E-state index contributed by atoms with van der Waals surface area (Å²) in [5.41, 5.74) is 0.325. The van der Waals surface area contributed by atoms with Crippen molar-refractivity contribution in [2.75, 3.05) is 0 Å². The first-order valence-electron chi connectivity index (χ1n) is 4.62. The van der Waals surface area contributed by atoms with Crippen LogP contribution >= 0.6 is 0 Å². The number of benzene rings is 1. The summed E-state index contributed by atoms with van der Waals surface area (Å²) in [5.74, 6) is 0.473. The molecule has 1 N–H and O–H groups in total. The Bertz CT molecular complexity index is 547. The van der Waals surface area contributed by atoms with Crippen LogP contribution in [0.2, 0.25) is 0 Å². The van der Waals surface area contributed by atoms with Crippen LogP contribution in [0.3, 0.4) is 0 Å². The molecule has 4 heteroatoms. The molecule has 0 aliphatic heterocycles. The molecular formula is C12H8N2O2. The maximum atomic E-state index is 9.50. The van der Waals surface area contributed by atoms with E-state index in [0.29, 0.717) is 5.56 Å². The molecule has 78 valence electrons. The Morgan fingerprint density at radius 2 is 2.00 bits per heavy atom. The van der Waals surface area contributed by atoms with Gasteiger partial charge in [-0.1, -0.05) is 12.1 Å². The van der Waals surface area contributed by atoms with Gasteiger partial charge in [-0.15, -0.1) is 0 Å². The van der Waals surface area contributed by atoms with Gasteiger partial charge in [0.1, 0.15) is 11.6 Å². The summed E-state index contributed by atoms with van der Waals surface area (Å²) in [4.78, 5) is 3.93. The molecule has 2 aromatic rings. The minimum Gasteiger partial charge on any atom is -0.504 e. The highest BCUT2D eigenvalue weighted by atomic mass is 16.5. The second-order valence-electron chi connectivity index (χ2n) is 3.04. The summed E-state index contributed by atoms with van der Waals surface area (Å²) in [6.07, 6.45) is 1.52. The zero-order valence-electron chi connectivity index (χ0n) is 8.29. The van der Waals surface area contributed by atoms with Crippen molar-refractivity contribution < 1.29 is 9.84 Å². The molecule has 0 radical (unpaired) electrons. The molecule has 1 aromatic carbocycles. The predicted octanol–water partition coefficient (Wildman–Crippen LogP) is 2.45. The topological polar surface area (TPSA) is 66.1 Å². The van der Waals surface area contributed by atoms with E-state index in [1.54, 1.807) is 30.3 Å². The van der Waals surface area contributed by atoms with Gasteiger partial charge < -0.3 is 9.84 Å². The van der Waals surface area contributed by atoms with E-state index in [9.17, 15) is 5.11 Å². The fraction of sp³-hybridized carbons (Fsp3) is 0. The second-order valence-corrected chi connectivity index (χ2v) is 3.04. The summed E-state index contributed by atoms with van der Waals surface area (Å²) in [6, 6.07) is 11.7. The lowest BCUT2D eigenvalue weighted by atomic mass is 10.3. The third-order valence-electron chi connectivity index (χ3n) is 1.96. The molecule has 0 bridgehead atoms. The van der Waals surface area contributed by atoms with Crippen LogP contribution in [0.5, 0.6) is 17.4 Å². The highest BCUT2D eigenvalue weighted by molar-refractivity contribution is 5.44. The van der Waals surface area contributed by atoms with Gasteiger partial charge >= 0.3 is 0 Å². The lowest BCUT2D eigenvalue weighted by Crippen LogP contribution is -1.91. The van der Waals surface area contributed by atoms with Gasteiger partial charge in [-0.25, -0.2) is 4.98 Å². The van der Waals surface area contributed by atoms with Crippen molar-refractivity contribution in [1.29, 1.82) is 5.26 Å². The van der Waals surface area contributed by atoms with Crippen molar-refractivity contribution in [2.45, 2.75) is 0 Å². The molecule has 0 saturated carbocycles. The molecule has 0 aliphatic carbocycles. The SMILES string of the molecule is N#Cc1cccnc1Oc1ccccc1O. The van der Waals surface area contributed by atoms with Crippen molar-refractivity contribution in [3.63, 3.8) is 0 Å². The molecule has 2 rings (SSSR count). The van der Waals surface area contributed by atoms with Crippen LogP contribution < -0.4 is 4.74 Å². The van der Waals surface area contributed by atoms with E-state index in [4.69, 9.17) is 10.00 Å². The first kappa shape index (κ1) is 9.99. The van der Waals surface area contributed by atoms with Gasteiger partial charge in [0.25, 0.3) is 0 Å². The van der Waals surface area contributed by atoms with Gasteiger partial charge in [0.2, 0.25) is 5.88 Å². The maximum Gasteiger partial charge on any atom is 0.237 e. The summed E-state index contributed by atoms with van der Waals surface area (Å²) >= 11 is 0. The molecule has 0 unspecified atom stereocenters. The van der Waals surface area contributed by atoms with E-state index in [1.165, 1.54) is 12.3 Å². The van der Waals surface area contributed by atoms with Gasteiger partial charge in [0, 0.05) is 6.20 Å². The number of aromatic hydroxyl groups is 1. The highest BCUT2D eigenvalue weighted by Crippen LogP contribution is 2.30. The quantitative estimate of drug-likeness (QED) is 0.830. The van der Waals surface area contributed by atoms with E-state index in [1.807, 2.05) is 6.07 Å². The second kappa shape index (κ2) is 4.32. The normalized spacial score (nSPS) is 9.44. The number of aromatic nitrogens is 1. The van der Waals surface area contributed by atoms with E-state index in [0.717, 1.165) is 0 Å². The number of phenolic OH excluding ortho intramolecular Hbond substituents is 1. The van der Waals surface area contributed by atoms with Gasteiger partial charge in [0.15, 0.2) is 11.5 Å². The Labute approximate surface area is 92.4 Å². The predicted molar refractivity (Wildman–Crippen MR) is 57.1 cm³/mol. The van der Waals surface area contributed by atoms with Crippen LogP contribution in [0, 0.1) is 11.3 Å². The summed E-state index contributed by atoms with van der Waals surface area (Å²) in [7, 11) is 0. The Morgan fingerprint density at radius 1 is 1.19 bits per heavy atom. The fourth-order valence-electron chi connectivity index (χ4n) is 1.20. The van der Waals surface area contributed by atoms with Crippen molar-refractivity contribution in [3.8, 4) is 23.4 Å². The van der Waals surface area contributed by atoms with Gasteiger partial charge in [-0.05, 0) is 24.3 Å². The van der Waals surface area contributed by atoms with Gasteiger partial charge in [-0.2, -0.15) is 5.26 Å². The highest BCUT2D eigenvalue weighted by Gasteiger charge is 2.07. The third kappa shape index (κ3) is 1.93. The van der Waals surface area contributed by atoms with Crippen molar-refractivity contribution >= 4 is 0 Å². The number of nitrogens with zero attached hydrogens (tertiary/aromatic N) is 2. The van der Waals surface area contributed by atoms with Crippen molar-refractivity contribution in [3.05, 3.63) is 48.2 Å². The summed E-state index contributed by atoms with van der Waals surface area (Å²) in [6.45, 7) is 0. The van der Waals surface area contributed by atoms with Crippen molar-refractivity contribution in [1.82, 2.24) is 4.98 Å². The Morgan fingerprint density at radius 3 is 2.75 bits per heavy atom. The molecule has 16 heavy (non-hydrogen) atoms. The number of nitriles is 1. The summed E-state index contributed by atoms with van der Waals surface area (Å²) < 4.78 is 5.35. The number of ether oxygens (including phenoxy) is 1. The Kier molecular flexibility index (Phi) is 2.70. The number of rotatable bonds is 2. The summed E-state index contributed by atoms with van der Waals surface area (Å²) in [5, 5.41) is 18.3. The van der Waals surface area contributed by atoms with E-state index in [-0.39, 0.29) is 17.4 Å². The van der Waals surface area contributed by atoms with Crippen LogP contribution in [0.1, 0.15) is 5.56 Å². The smallest absolute Gasteiger partial charge is 0.237 e. The van der Waals surface area contributed by atoms with E-state index < -0.39 is 0 Å². The molecule has 0 atom stereocenters. The number of pyridine rings is 1. The first-order chi connectivity index (χ1) is 7.81. The molecule has 1 heterocycles. The number of para-hydroxylation sites is 2. The third-order valence-corrected chi connectivity index (χ3v) is 1.96. The van der Waals surface area contributed by atoms with Gasteiger partial charge in [0.05, 0.1) is 0 Å². The minimum absolute atomic E-state index is 0.0112. The van der Waals surface area contributed by atoms with E-state index in [2.05, 4.69) is 4.98 Å². The molecule has 1 aromatic heterocycles. The van der Waals surface area contributed by atoms with Crippen LogP contribution in [-0.2, 0) is 0 Å².